The Balaban J connectivity index is 1.58. The minimum absolute atomic E-state index is 0.261. The van der Waals surface area contributed by atoms with Crippen LogP contribution in [0.3, 0.4) is 0 Å². The van der Waals surface area contributed by atoms with Crippen molar-refractivity contribution in [2.75, 3.05) is 10.6 Å². The molecule has 0 radical (unpaired) electrons. The third-order valence-corrected chi connectivity index (χ3v) is 4.61. The molecule has 0 bridgehead atoms. The van der Waals surface area contributed by atoms with Crippen LogP contribution in [0, 0.1) is 0 Å². The van der Waals surface area contributed by atoms with Gasteiger partial charge in [-0.15, -0.1) is 0 Å². The van der Waals surface area contributed by atoms with Gasteiger partial charge in [0.1, 0.15) is 5.75 Å². The van der Waals surface area contributed by atoms with E-state index in [0.29, 0.717) is 32.7 Å². The largest absolute Gasteiger partial charge is 0.481 e. The summed E-state index contributed by atoms with van der Waals surface area (Å²) in [7, 11) is 0. The standard InChI is InChI=1S/C22H18Cl2N2O3/c1-14(21(27)26-20-5-3-2-4-19(20)24)29-18-12-6-15(7-13-18)22(28)25-17-10-8-16(23)9-11-17/h2-14H,1H3,(H,25,28)(H,26,27). The van der Waals surface area contributed by atoms with E-state index in [9.17, 15) is 9.59 Å². The number of hydrogen-bond acceptors (Lipinski definition) is 3. The Bertz CT molecular complexity index is 1010. The van der Waals surface area contributed by atoms with Crippen LogP contribution in [0.2, 0.25) is 10.0 Å². The Kier molecular flexibility index (Phi) is 6.75. The van der Waals surface area contributed by atoms with Crippen LogP contribution in [-0.2, 0) is 4.79 Å². The molecule has 0 aliphatic carbocycles. The molecule has 0 fully saturated rings. The number of para-hydroxylation sites is 1. The van der Waals surface area contributed by atoms with Crippen LogP contribution in [0.1, 0.15) is 17.3 Å². The average molecular weight is 429 g/mol. The van der Waals surface area contributed by atoms with Crippen molar-refractivity contribution in [3.63, 3.8) is 0 Å². The highest BCUT2D eigenvalue weighted by molar-refractivity contribution is 6.33. The van der Waals surface area contributed by atoms with Crippen LogP contribution in [0.5, 0.6) is 5.75 Å². The number of amides is 2. The van der Waals surface area contributed by atoms with Crippen molar-refractivity contribution in [2.45, 2.75) is 13.0 Å². The molecule has 0 heterocycles. The molecule has 5 nitrogen and oxygen atoms in total. The molecular weight excluding hydrogens is 411 g/mol. The number of rotatable bonds is 6. The van der Waals surface area contributed by atoms with Gasteiger partial charge in [-0.1, -0.05) is 35.3 Å². The summed E-state index contributed by atoms with van der Waals surface area (Å²) < 4.78 is 5.65. The Morgan fingerprint density at radius 3 is 2.17 bits per heavy atom. The van der Waals surface area contributed by atoms with Crippen molar-refractivity contribution in [3.05, 3.63) is 88.4 Å². The first-order chi connectivity index (χ1) is 13.9. The Hall–Kier alpha value is -3.02. The number of carbonyl (C=O) groups is 2. The van der Waals surface area contributed by atoms with Crippen LogP contribution >= 0.6 is 23.2 Å². The van der Waals surface area contributed by atoms with Crippen molar-refractivity contribution in [1.29, 1.82) is 0 Å². The van der Waals surface area contributed by atoms with Gasteiger partial charge in [0.15, 0.2) is 6.10 Å². The maximum Gasteiger partial charge on any atom is 0.265 e. The molecule has 2 amide bonds. The summed E-state index contributed by atoms with van der Waals surface area (Å²) in [5, 5.41) is 6.55. The fourth-order valence-corrected chi connectivity index (χ4v) is 2.78. The summed E-state index contributed by atoms with van der Waals surface area (Å²) in [6.45, 7) is 1.63. The highest BCUT2D eigenvalue weighted by Gasteiger charge is 2.16. The molecule has 0 aromatic heterocycles. The fourth-order valence-electron chi connectivity index (χ4n) is 2.48. The van der Waals surface area contributed by atoms with Crippen LogP contribution in [-0.4, -0.2) is 17.9 Å². The first kappa shape index (κ1) is 20.7. The molecule has 1 unspecified atom stereocenters. The summed E-state index contributed by atoms with van der Waals surface area (Å²) in [4.78, 5) is 24.6. The maximum atomic E-state index is 12.3. The molecule has 0 saturated carbocycles. The van der Waals surface area contributed by atoms with Gasteiger partial charge in [0.05, 0.1) is 10.7 Å². The number of benzene rings is 3. The Morgan fingerprint density at radius 2 is 1.52 bits per heavy atom. The molecule has 2 N–H and O–H groups in total. The minimum atomic E-state index is -0.750. The summed E-state index contributed by atoms with van der Waals surface area (Å²) >= 11 is 11.9. The smallest absolute Gasteiger partial charge is 0.265 e. The van der Waals surface area contributed by atoms with E-state index < -0.39 is 6.10 Å². The average Bonchev–Trinajstić information content (AvgIpc) is 2.72. The predicted molar refractivity (Wildman–Crippen MR) is 116 cm³/mol. The van der Waals surface area contributed by atoms with Crippen LogP contribution in [0.15, 0.2) is 72.8 Å². The number of nitrogens with one attached hydrogen (secondary N) is 2. The van der Waals surface area contributed by atoms with Gasteiger partial charge in [-0.3, -0.25) is 9.59 Å². The zero-order chi connectivity index (χ0) is 20.8. The monoisotopic (exact) mass is 428 g/mol. The van der Waals surface area contributed by atoms with Crippen molar-refractivity contribution < 1.29 is 14.3 Å². The lowest BCUT2D eigenvalue weighted by Crippen LogP contribution is -2.30. The zero-order valence-electron chi connectivity index (χ0n) is 15.5. The third-order valence-electron chi connectivity index (χ3n) is 4.03. The van der Waals surface area contributed by atoms with Crippen molar-refractivity contribution in [2.24, 2.45) is 0 Å². The summed E-state index contributed by atoms with van der Waals surface area (Å²) in [5.74, 6) is -0.124. The van der Waals surface area contributed by atoms with E-state index in [-0.39, 0.29) is 11.8 Å². The van der Waals surface area contributed by atoms with E-state index >= 15 is 0 Å². The first-order valence-electron chi connectivity index (χ1n) is 8.81. The first-order valence-corrected chi connectivity index (χ1v) is 9.57. The summed E-state index contributed by atoms with van der Waals surface area (Å²) in [6, 6.07) is 20.3. The topological polar surface area (TPSA) is 67.4 Å². The molecule has 3 aromatic carbocycles. The number of anilines is 2. The molecule has 0 spiro atoms. The lowest BCUT2D eigenvalue weighted by atomic mass is 10.2. The van der Waals surface area contributed by atoms with Gasteiger partial charge in [0, 0.05) is 16.3 Å². The molecule has 29 heavy (non-hydrogen) atoms. The quantitative estimate of drug-likeness (QED) is 0.532. The fraction of sp³-hybridized carbons (Fsp3) is 0.0909. The number of ether oxygens (including phenoxy) is 1. The molecular formula is C22H18Cl2N2O3. The second-order valence-corrected chi connectivity index (χ2v) is 7.06. The molecule has 0 aliphatic heterocycles. The van der Waals surface area contributed by atoms with Crippen LogP contribution in [0.4, 0.5) is 11.4 Å². The molecule has 7 heteroatoms. The molecule has 3 rings (SSSR count). The summed E-state index contributed by atoms with van der Waals surface area (Å²) in [5.41, 5.74) is 1.62. The van der Waals surface area contributed by atoms with Gasteiger partial charge in [-0.25, -0.2) is 0 Å². The number of hydrogen-bond donors (Lipinski definition) is 2. The van der Waals surface area contributed by atoms with E-state index in [0.717, 1.165) is 0 Å². The van der Waals surface area contributed by atoms with E-state index in [2.05, 4.69) is 10.6 Å². The highest BCUT2D eigenvalue weighted by atomic mass is 35.5. The SMILES string of the molecule is CC(Oc1ccc(C(=O)Nc2ccc(Cl)cc2)cc1)C(=O)Nc1ccccc1Cl. The van der Waals surface area contributed by atoms with E-state index in [1.54, 1.807) is 79.7 Å². The molecule has 0 saturated heterocycles. The molecule has 0 aliphatic rings. The van der Waals surface area contributed by atoms with Gasteiger partial charge < -0.3 is 15.4 Å². The van der Waals surface area contributed by atoms with Crippen molar-refractivity contribution >= 4 is 46.4 Å². The minimum Gasteiger partial charge on any atom is -0.481 e. The molecule has 1 atom stereocenters. The Morgan fingerprint density at radius 1 is 0.862 bits per heavy atom. The number of halogens is 2. The third kappa shape index (κ3) is 5.73. The normalized spacial score (nSPS) is 11.4. The zero-order valence-corrected chi connectivity index (χ0v) is 17.0. The van der Waals surface area contributed by atoms with E-state index in [4.69, 9.17) is 27.9 Å². The van der Waals surface area contributed by atoms with Gasteiger partial charge in [-0.05, 0) is 67.6 Å². The molecule has 3 aromatic rings. The lowest BCUT2D eigenvalue weighted by molar-refractivity contribution is -0.122. The number of carbonyl (C=O) groups excluding carboxylic acids is 2. The second-order valence-electron chi connectivity index (χ2n) is 6.21. The van der Waals surface area contributed by atoms with Gasteiger partial charge >= 0.3 is 0 Å². The van der Waals surface area contributed by atoms with E-state index in [1.165, 1.54) is 0 Å². The van der Waals surface area contributed by atoms with Gasteiger partial charge in [0.2, 0.25) is 0 Å². The van der Waals surface area contributed by atoms with Gasteiger partial charge in [0.25, 0.3) is 11.8 Å². The van der Waals surface area contributed by atoms with Crippen molar-refractivity contribution in [3.8, 4) is 5.75 Å². The lowest BCUT2D eigenvalue weighted by Gasteiger charge is -2.15. The van der Waals surface area contributed by atoms with E-state index in [1.807, 2.05) is 0 Å². The van der Waals surface area contributed by atoms with Crippen LogP contribution < -0.4 is 15.4 Å². The highest BCUT2D eigenvalue weighted by Crippen LogP contribution is 2.21. The van der Waals surface area contributed by atoms with Crippen LogP contribution in [0.25, 0.3) is 0 Å². The second kappa shape index (κ2) is 9.45. The molecule has 148 valence electrons. The van der Waals surface area contributed by atoms with Gasteiger partial charge in [-0.2, -0.15) is 0 Å². The predicted octanol–water partition coefficient (Wildman–Crippen LogP) is 5.65. The Labute approximate surface area is 178 Å². The summed E-state index contributed by atoms with van der Waals surface area (Å²) in [6.07, 6.45) is -0.750. The maximum absolute atomic E-state index is 12.3. The van der Waals surface area contributed by atoms with Crippen molar-refractivity contribution in [1.82, 2.24) is 0 Å².